The molecule has 3 aromatic carbocycles. The van der Waals surface area contributed by atoms with Crippen LogP contribution in [0.15, 0.2) is 77.9 Å². The SMILES string of the molecule is COc1cc(OC)c([N+](=O)[O-])cc1C=NNC(=O)C(O)(c1ccccc1)c1ccccc1. The topological polar surface area (TPSA) is 123 Å². The number of aliphatic hydroxyl groups is 1. The van der Waals surface area contributed by atoms with E-state index in [9.17, 15) is 20.0 Å². The maximum Gasteiger partial charge on any atom is 0.311 e. The normalized spacial score (nSPS) is 11.2. The molecule has 0 unspecified atom stereocenters. The fraction of sp³-hybridized carbons (Fsp3) is 0.130. The number of nitrogens with zero attached hydrogens (tertiary/aromatic N) is 2. The molecule has 0 atom stereocenters. The van der Waals surface area contributed by atoms with E-state index in [1.807, 2.05) is 0 Å². The van der Waals surface area contributed by atoms with Gasteiger partial charge in [-0.2, -0.15) is 5.10 Å². The van der Waals surface area contributed by atoms with Crippen molar-refractivity contribution in [3.8, 4) is 11.5 Å². The Bertz CT molecular complexity index is 1090. The van der Waals surface area contributed by atoms with Crippen LogP contribution in [0.1, 0.15) is 16.7 Å². The van der Waals surface area contributed by atoms with E-state index in [-0.39, 0.29) is 22.7 Å². The lowest BCUT2D eigenvalue weighted by Crippen LogP contribution is -2.43. The number of nitro benzene ring substituents is 1. The lowest BCUT2D eigenvalue weighted by atomic mass is 9.85. The number of hydrogen-bond donors (Lipinski definition) is 2. The summed E-state index contributed by atoms with van der Waals surface area (Å²) in [5, 5.41) is 26.6. The van der Waals surface area contributed by atoms with Gasteiger partial charge in [0.05, 0.1) is 25.4 Å². The number of rotatable bonds is 8. The largest absolute Gasteiger partial charge is 0.496 e. The lowest BCUT2D eigenvalue weighted by molar-refractivity contribution is -0.385. The number of hydrogen-bond acceptors (Lipinski definition) is 7. The maximum absolute atomic E-state index is 13.1. The van der Waals surface area contributed by atoms with Gasteiger partial charge in [-0.15, -0.1) is 0 Å². The number of nitro groups is 1. The zero-order valence-electron chi connectivity index (χ0n) is 17.4. The average Bonchev–Trinajstić information content (AvgIpc) is 2.84. The molecule has 0 heterocycles. The van der Waals surface area contributed by atoms with Crippen LogP contribution in [0.3, 0.4) is 0 Å². The highest BCUT2D eigenvalue weighted by atomic mass is 16.6. The van der Waals surface area contributed by atoms with Crippen molar-refractivity contribution in [1.29, 1.82) is 0 Å². The molecule has 0 spiro atoms. The number of amides is 1. The minimum absolute atomic E-state index is 0.0237. The molecular formula is C23H21N3O6. The molecule has 9 heteroatoms. The summed E-state index contributed by atoms with van der Waals surface area (Å²) in [6, 6.07) is 19.5. The van der Waals surface area contributed by atoms with Crippen LogP contribution in [-0.4, -0.2) is 36.4 Å². The van der Waals surface area contributed by atoms with Crippen molar-refractivity contribution in [3.05, 3.63) is 99.6 Å². The maximum atomic E-state index is 13.1. The summed E-state index contributed by atoms with van der Waals surface area (Å²) >= 11 is 0. The molecule has 0 fully saturated rings. The highest BCUT2D eigenvalue weighted by molar-refractivity contribution is 5.92. The van der Waals surface area contributed by atoms with Gasteiger partial charge in [0, 0.05) is 17.7 Å². The van der Waals surface area contributed by atoms with Crippen LogP contribution in [0.5, 0.6) is 11.5 Å². The summed E-state index contributed by atoms with van der Waals surface area (Å²) in [6.45, 7) is 0. The Balaban J connectivity index is 1.94. The molecule has 0 aliphatic rings. The summed E-state index contributed by atoms with van der Waals surface area (Å²) in [5.41, 5.74) is 0.986. The summed E-state index contributed by atoms with van der Waals surface area (Å²) in [6.07, 6.45) is 1.19. The Morgan fingerprint density at radius 3 is 2.00 bits per heavy atom. The second-order valence-corrected chi connectivity index (χ2v) is 6.66. The van der Waals surface area contributed by atoms with Crippen LogP contribution < -0.4 is 14.9 Å². The smallest absolute Gasteiger partial charge is 0.311 e. The van der Waals surface area contributed by atoms with Gasteiger partial charge in [0.2, 0.25) is 5.75 Å². The molecule has 3 rings (SSSR count). The van der Waals surface area contributed by atoms with Gasteiger partial charge in [-0.05, 0) is 11.1 Å². The van der Waals surface area contributed by atoms with Crippen molar-refractivity contribution in [2.45, 2.75) is 5.60 Å². The molecule has 0 saturated heterocycles. The highest BCUT2D eigenvalue weighted by Gasteiger charge is 2.39. The van der Waals surface area contributed by atoms with Gasteiger partial charge in [-0.25, -0.2) is 5.43 Å². The third kappa shape index (κ3) is 4.42. The fourth-order valence-corrected chi connectivity index (χ4v) is 3.18. The predicted molar refractivity (Wildman–Crippen MR) is 118 cm³/mol. The van der Waals surface area contributed by atoms with Gasteiger partial charge < -0.3 is 14.6 Å². The second kappa shape index (κ2) is 9.71. The predicted octanol–water partition coefficient (Wildman–Crippen LogP) is 3.00. The third-order valence-electron chi connectivity index (χ3n) is 4.81. The molecule has 32 heavy (non-hydrogen) atoms. The number of nitrogens with one attached hydrogen (secondary N) is 1. The molecule has 0 aliphatic heterocycles. The molecule has 164 valence electrons. The van der Waals surface area contributed by atoms with Crippen LogP contribution in [-0.2, 0) is 10.4 Å². The van der Waals surface area contributed by atoms with Crippen molar-refractivity contribution < 1.29 is 24.3 Å². The summed E-state index contributed by atoms with van der Waals surface area (Å²) in [4.78, 5) is 23.7. The van der Waals surface area contributed by atoms with E-state index in [1.165, 1.54) is 32.6 Å². The van der Waals surface area contributed by atoms with Crippen molar-refractivity contribution in [2.75, 3.05) is 14.2 Å². The van der Waals surface area contributed by atoms with Gasteiger partial charge in [-0.3, -0.25) is 14.9 Å². The van der Waals surface area contributed by atoms with Gasteiger partial charge >= 0.3 is 5.69 Å². The summed E-state index contributed by atoms with van der Waals surface area (Å²) in [5.74, 6) is -0.518. The minimum atomic E-state index is -2.00. The van der Waals surface area contributed by atoms with Crippen LogP contribution in [0, 0.1) is 10.1 Å². The molecule has 2 N–H and O–H groups in total. The molecule has 0 aliphatic carbocycles. The number of ether oxygens (including phenoxy) is 2. The van der Waals surface area contributed by atoms with E-state index in [4.69, 9.17) is 9.47 Å². The second-order valence-electron chi connectivity index (χ2n) is 6.66. The molecule has 0 saturated carbocycles. The highest BCUT2D eigenvalue weighted by Crippen LogP contribution is 2.34. The van der Waals surface area contributed by atoms with E-state index >= 15 is 0 Å². The Morgan fingerprint density at radius 2 is 1.53 bits per heavy atom. The Kier molecular flexibility index (Phi) is 6.81. The molecule has 1 amide bonds. The molecule has 0 aromatic heterocycles. The van der Waals surface area contributed by atoms with E-state index in [0.717, 1.165) is 0 Å². The standard InChI is InChI=1S/C23H21N3O6/c1-31-20-14-21(32-2)19(26(29)30)13-16(20)15-24-25-22(27)23(28,17-9-5-3-6-10-17)18-11-7-4-8-12-18/h3-15,28H,1-2H3,(H,25,27). The Labute approximate surface area is 184 Å². The number of benzene rings is 3. The monoisotopic (exact) mass is 435 g/mol. The summed E-state index contributed by atoms with van der Waals surface area (Å²) < 4.78 is 10.3. The third-order valence-corrected chi connectivity index (χ3v) is 4.81. The van der Waals surface area contributed by atoms with Gasteiger partial charge in [-0.1, -0.05) is 60.7 Å². The quantitative estimate of drug-likeness (QED) is 0.319. The van der Waals surface area contributed by atoms with Crippen molar-refractivity contribution in [1.82, 2.24) is 5.43 Å². The molecular weight excluding hydrogens is 414 g/mol. The number of carbonyl (C=O) groups is 1. The van der Waals surface area contributed by atoms with E-state index in [2.05, 4.69) is 10.5 Å². The van der Waals surface area contributed by atoms with Gasteiger partial charge in [0.15, 0.2) is 5.60 Å². The minimum Gasteiger partial charge on any atom is -0.496 e. The van der Waals surface area contributed by atoms with Crippen LogP contribution >= 0.6 is 0 Å². The first-order valence-electron chi connectivity index (χ1n) is 9.49. The number of carbonyl (C=O) groups excluding carboxylic acids is 1. The Hall–Kier alpha value is -4.24. The van der Waals surface area contributed by atoms with Crippen LogP contribution in [0.2, 0.25) is 0 Å². The van der Waals surface area contributed by atoms with E-state index < -0.39 is 16.4 Å². The molecule has 3 aromatic rings. The molecule has 0 bridgehead atoms. The van der Waals surface area contributed by atoms with E-state index in [0.29, 0.717) is 11.1 Å². The number of hydrazone groups is 1. The van der Waals surface area contributed by atoms with Crippen LogP contribution in [0.25, 0.3) is 0 Å². The van der Waals surface area contributed by atoms with Gasteiger partial charge in [0.25, 0.3) is 5.91 Å². The lowest BCUT2D eigenvalue weighted by Gasteiger charge is -2.27. The molecule has 9 nitrogen and oxygen atoms in total. The number of methoxy groups -OCH3 is 2. The van der Waals surface area contributed by atoms with Crippen molar-refractivity contribution in [2.24, 2.45) is 5.10 Å². The first kappa shape index (κ1) is 22.4. The van der Waals surface area contributed by atoms with Crippen molar-refractivity contribution in [3.63, 3.8) is 0 Å². The Morgan fingerprint density at radius 1 is 1.00 bits per heavy atom. The van der Waals surface area contributed by atoms with Crippen LogP contribution in [0.4, 0.5) is 5.69 Å². The summed E-state index contributed by atoms with van der Waals surface area (Å²) in [7, 11) is 2.70. The van der Waals surface area contributed by atoms with Gasteiger partial charge in [0.1, 0.15) is 5.75 Å². The van der Waals surface area contributed by atoms with Crippen molar-refractivity contribution >= 4 is 17.8 Å². The molecule has 0 radical (unpaired) electrons. The fourth-order valence-electron chi connectivity index (χ4n) is 3.18. The zero-order valence-corrected chi connectivity index (χ0v) is 17.4. The first-order valence-corrected chi connectivity index (χ1v) is 9.49. The zero-order chi connectivity index (χ0) is 23.1. The average molecular weight is 435 g/mol. The first-order chi connectivity index (χ1) is 15.4. The van der Waals surface area contributed by atoms with E-state index in [1.54, 1.807) is 60.7 Å².